The summed E-state index contributed by atoms with van der Waals surface area (Å²) in [5, 5.41) is 3.62. The summed E-state index contributed by atoms with van der Waals surface area (Å²) in [7, 11) is 1.92. The second-order valence-corrected chi connectivity index (χ2v) is 7.95. The van der Waals surface area contributed by atoms with Crippen LogP contribution in [0.2, 0.25) is 0 Å². The van der Waals surface area contributed by atoms with Crippen molar-refractivity contribution in [3.63, 3.8) is 0 Å². The van der Waals surface area contributed by atoms with Crippen LogP contribution in [0.4, 0.5) is 0 Å². The van der Waals surface area contributed by atoms with Gasteiger partial charge in [-0.15, -0.1) is 0 Å². The summed E-state index contributed by atoms with van der Waals surface area (Å²) in [5.41, 5.74) is 14.8. The number of nitrogens with zero attached hydrogens (tertiary/aromatic N) is 3. The molecule has 0 saturated heterocycles. The first kappa shape index (κ1) is 29.1. The lowest BCUT2D eigenvalue weighted by Gasteiger charge is -2.28. The predicted octanol–water partition coefficient (Wildman–Crippen LogP) is 6.38. The van der Waals surface area contributed by atoms with Crippen LogP contribution in [0, 0.1) is 0 Å². The molecule has 1 aliphatic carbocycles. The van der Waals surface area contributed by atoms with Crippen LogP contribution < -0.4 is 16.7 Å². The van der Waals surface area contributed by atoms with Crippen LogP contribution in [0.15, 0.2) is 49.0 Å². The van der Waals surface area contributed by atoms with Gasteiger partial charge in [-0.3, -0.25) is 0 Å². The zero-order valence-electron chi connectivity index (χ0n) is 22.5. The van der Waals surface area contributed by atoms with Crippen molar-refractivity contribution in [2.75, 3.05) is 6.67 Å². The lowest BCUT2D eigenvalue weighted by Crippen LogP contribution is -2.29. The second-order valence-electron chi connectivity index (χ2n) is 7.95. The summed E-state index contributed by atoms with van der Waals surface area (Å²) in [4.78, 5) is 9.00. The zero-order valence-corrected chi connectivity index (χ0v) is 22.5. The molecule has 0 bridgehead atoms. The number of benzene rings is 1. The van der Waals surface area contributed by atoms with Gasteiger partial charge in [0.1, 0.15) is 0 Å². The molecule has 1 heterocycles. The number of aromatic nitrogens is 2. The van der Waals surface area contributed by atoms with E-state index >= 15 is 0 Å². The van der Waals surface area contributed by atoms with Gasteiger partial charge in [0.05, 0.1) is 24.1 Å². The number of aryl methyl sites for hydroxylation is 1. The van der Waals surface area contributed by atoms with Crippen molar-refractivity contribution in [3.05, 3.63) is 77.7 Å². The van der Waals surface area contributed by atoms with E-state index in [9.17, 15) is 0 Å². The van der Waals surface area contributed by atoms with Gasteiger partial charge in [-0.25, -0.2) is 9.98 Å². The van der Waals surface area contributed by atoms with Crippen molar-refractivity contribution >= 4 is 16.8 Å². The summed E-state index contributed by atoms with van der Waals surface area (Å²) >= 11 is 0. The molecule has 0 saturated carbocycles. The molecule has 1 aliphatic rings. The van der Waals surface area contributed by atoms with E-state index in [-0.39, 0.29) is 12.7 Å². The van der Waals surface area contributed by atoms with E-state index in [2.05, 4.69) is 60.2 Å². The Labute approximate surface area is 207 Å². The normalized spacial score (nSPS) is 14.6. The fraction of sp³-hybridized carbons (Fsp3) is 0.448. The molecule has 1 aromatic heterocycles. The third-order valence-electron chi connectivity index (χ3n) is 5.78. The van der Waals surface area contributed by atoms with Crippen molar-refractivity contribution in [2.45, 2.75) is 73.3 Å². The Balaban J connectivity index is 0.00000137. The average molecular weight is 464 g/mol. The monoisotopic (exact) mass is 463 g/mol. The maximum absolute atomic E-state index is 5.64. The second kappa shape index (κ2) is 14.4. The number of allylic oxidation sites excluding steroid dienone is 2. The molecular weight excluding hydrogens is 418 g/mol. The maximum Gasteiger partial charge on any atom is 0.226 e. The average Bonchev–Trinajstić information content (AvgIpc) is 2.86. The third kappa shape index (κ3) is 7.04. The summed E-state index contributed by atoms with van der Waals surface area (Å²) in [6.07, 6.45) is 4.27. The number of hydrogen-bond donors (Lipinski definition) is 2. The van der Waals surface area contributed by atoms with Gasteiger partial charge in [-0.05, 0) is 66.5 Å². The summed E-state index contributed by atoms with van der Waals surface area (Å²) in [6, 6.07) is 8.94. The van der Waals surface area contributed by atoms with Gasteiger partial charge in [0.25, 0.3) is 0 Å². The van der Waals surface area contributed by atoms with E-state index in [0.717, 1.165) is 48.3 Å². The van der Waals surface area contributed by atoms with Gasteiger partial charge in [0.2, 0.25) is 5.62 Å². The van der Waals surface area contributed by atoms with E-state index in [0.29, 0.717) is 5.62 Å². The largest absolute Gasteiger partial charge is 0.377 e. The molecule has 34 heavy (non-hydrogen) atoms. The predicted molar refractivity (Wildman–Crippen MR) is 149 cm³/mol. The molecule has 0 spiro atoms. The van der Waals surface area contributed by atoms with E-state index in [1.807, 2.05) is 52.3 Å². The molecule has 0 amide bonds. The number of fused-ring (bicyclic) bond motifs is 1. The van der Waals surface area contributed by atoms with Crippen LogP contribution in [-0.2, 0) is 13.5 Å². The maximum atomic E-state index is 5.64. The topological polar surface area (TPSA) is 68.2 Å². The summed E-state index contributed by atoms with van der Waals surface area (Å²) in [5.74, 6) is 0. The zero-order chi connectivity index (χ0) is 25.8. The Kier molecular flexibility index (Phi) is 12.3. The van der Waals surface area contributed by atoms with Gasteiger partial charge in [0.15, 0.2) is 0 Å². The molecule has 1 atom stereocenters. The summed E-state index contributed by atoms with van der Waals surface area (Å²) < 4.78 is 1.91. The molecule has 2 aromatic rings. The molecule has 0 radical (unpaired) electrons. The Morgan fingerprint density at radius 2 is 1.85 bits per heavy atom. The molecule has 5 heteroatoms. The van der Waals surface area contributed by atoms with Crippen molar-refractivity contribution < 1.29 is 0 Å². The van der Waals surface area contributed by atoms with Crippen molar-refractivity contribution in [2.24, 2.45) is 17.8 Å². The van der Waals surface area contributed by atoms with Crippen molar-refractivity contribution in [3.8, 4) is 0 Å². The van der Waals surface area contributed by atoms with Gasteiger partial charge >= 0.3 is 0 Å². The van der Waals surface area contributed by atoms with Crippen LogP contribution in [0.25, 0.3) is 16.8 Å². The highest BCUT2D eigenvalue weighted by Gasteiger charge is 2.22. The van der Waals surface area contributed by atoms with Gasteiger partial charge < -0.3 is 15.6 Å². The highest BCUT2D eigenvalue weighted by atomic mass is 15.1. The smallest absolute Gasteiger partial charge is 0.226 e. The number of nitrogens with two attached hydrogens (primary N) is 1. The SMILES string of the molecule is C=C(CC)c1ccc2c(c1)CCC[C@@H]2NC(=C)c1cc(C(=C)C)n(C)/c(=N\CN)n1.CC.CC. The fourth-order valence-corrected chi connectivity index (χ4v) is 4.01. The molecule has 5 nitrogen and oxygen atoms in total. The number of hydrogen-bond acceptors (Lipinski definition) is 4. The molecule has 3 N–H and O–H groups in total. The number of nitrogens with one attached hydrogen (secondary N) is 1. The number of rotatable bonds is 7. The summed E-state index contributed by atoms with van der Waals surface area (Å²) in [6.45, 7) is 24.9. The fourth-order valence-electron chi connectivity index (χ4n) is 4.01. The molecule has 1 aromatic carbocycles. The van der Waals surface area contributed by atoms with Gasteiger partial charge in [0, 0.05) is 12.7 Å². The molecule has 0 aliphatic heterocycles. The highest BCUT2D eigenvalue weighted by molar-refractivity contribution is 5.66. The van der Waals surface area contributed by atoms with Crippen LogP contribution in [0.1, 0.15) is 94.9 Å². The molecule has 186 valence electrons. The van der Waals surface area contributed by atoms with E-state index < -0.39 is 0 Å². The molecule has 0 unspecified atom stereocenters. The minimum absolute atomic E-state index is 0.182. The quantitative estimate of drug-likeness (QED) is 0.500. The standard InChI is InChI=1S/C25H33N5.2C2H6/c1-7-17(4)19-11-12-21-20(13-19)9-8-10-22(21)28-18(5)23-14-24(16(2)3)30(6)25(29-23)27-15-26;2*1-2/h11-14,22,28H,2,4-5,7-10,15,26H2,1,3,6H3;2*1-2H3/b27-25-;;/t22-;;/m0../s1. The first-order valence-electron chi connectivity index (χ1n) is 12.6. The Morgan fingerprint density at radius 1 is 1.18 bits per heavy atom. The molecule has 3 rings (SSSR count). The minimum atomic E-state index is 0.182. The van der Waals surface area contributed by atoms with Gasteiger partial charge in [-0.1, -0.05) is 72.6 Å². The van der Waals surface area contributed by atoms with Crippen molar-refractivity contribution in [1.29, 1.82) is 0 Å². The highest BCUT2D eigenvalue weighted by Crippen LogP contribution is 2.33. The van der Waals surface area contributed by atoms with E-state index in [1.165, 1.54) is 22.3 Å². The van der Waals surface area contributed by atoms with Crippen LogP contribution in [0.3, 0.4) is 0 Å². The van der Waals surface area contributed by atoms with Gasteiger partial charge in [-0.2, -0.15) is 0 Å². The molecule has 0 fully saturated rings. The van der Waals surface area contributed by atoms with Crippen molar-refractivity contribution in [1.82, 2.24) is 14.9 Å². The lowest BCUT2D eigenvalue weighted by molar-refractivity contribution is 0.519. The molecular formula is C29H45N5. The minimum Gasteiger partial charge on any atom is -0.377 e. The van der Waals surface area contributed by atoms with Crippen LogP contribution >= 0.6 is 0 Å². The first-order chi connectivity index (χ1) is 16.3. The Bertz CT molecular complexity index is 1060. The van der Waals surface area contributed by atoms with Crippen LogP contribution in [-0.4, -0.2) is 16.2 Å². The Hall–Kier alpha value is -2.92. The Morgan fingerprint density at radius 3 is 2.44 bits per heavy atom. The third-order valence-corrected chi connectivity index (χ3v) is 5.78. The van der Waals surface area contributed by atoms with Crippen LogP contribution in [0.5, 0.6) is 0 Å². The van der Waals surface area contributed by atoms with E-state index in [4.69, 9.17) is 5.73 Å². The van der Waals surface area contributed by atoms with E-state index in [1.54, 1.807) is 0 Å². The lowest BCUT2D eigenvalue weighted by atomic mass is 9.85. The first-order valence-corrected chi connectivity index (χ1v) is 12.6.